The van der Waals surface area contributed by atoms with Crippen LogP contribution in [0, 0.1) is 0 Å². The molecule has 0 aromatic carbocycles. The summed E-state index contributed by atoms with van der Waals surface area (Å²) in [6.07, 6.45) is 96.7. The van der Waals surface area contributed by atoms with Gasteiger partial charge in [-0.2, -0.15) is 0 Å². The minimum Gasteiger partial charge on any atom is -0.481 e. The predicted octanol–water partition coefficient (Wildman–Crippen LogP) is 27.6. The van der Waals surface area contributed by atoms with E-state index in [9.17, 15) is 19.2 Å². The van der Waals surface area contributed by atoms with E-state index in [4.69, 9.17) is 20.4 Å². The van der Waals surface area contributed by atoms with Gasteiger partial charge in [0, 0.05) is 46.7 Å². The second kappa shape index (κ2) is 91.9. The molecular formula is C80H152MoO8. The number of hydrogen-bond acceptors (Lipinski definition) is 4. The van der Waals surface area contributed by atoms with Crippen molar-refractivity contribution in [1.29, 1.82) is 0 Å². The van der Waals surface area contributed by atoms with Gasteiger partial charge in [-0.15, -0.1) is 0 Å². The zero-order chi connectivity index (χ0) is 65.2. The van der Waals surface area contributed by atoms with Gasteiger partial charge in [0.15, 0.2) is 0 Å². The van der Waals surface area contributed by atoms with Crippen molar-refractivity contribution in [3.8, 4) is 0 Å². The van der Waals surface area contributed by atoms with E-state index in [1.807, 2.05) is 0 Å². The minimum atomic E-state index is -0.659. The first-order chi connectivity index (χ1) is 43.1. The molecule has 0 spiro atoms. The first-order valence-electron chi connectivity index (χ1n) is 38.6. The molecular weight excluding hydrogens is 1180 g/mol. The van der Waals surface area contributed by atoms with Crippen molar-refractivity contribution in [2.24, 2.45) is 0 Å². The summed E-state index contributed by atoms with van der Waals surface area (Å²) in [5.41, 5.74) is 0. The quantitative estimate of drug-likeness (QED) is 0.0267. The van der Waals surface area contributed by atoms with Crippen molar-refractivity contribution >= 4 is 23.9 Å². The molecule has 8 nitrogen and oxygen atoms in total. The van der Waals surface area contributed by atoms with Crippen molar-refractivity contribution < 1.29 is 60.7 Å². The van der Waals surface area contributed by atoms with E-state index in [0.717, 1.165) is 51.4 Å². The van der Waals surface area contributed by atoms with Crippen LogP contribution in [-0.2, 0) is 40.2 Å². The van der Waals surface area contributed by atoms with Gasteiger partial charge in [0.25, 0.3) is 0 Å². The second-order valence-electron chi connectivity index (χ2n) is 25.7. The molecule has 9 heteroatoms. The third kappa shape index (κ3) is 110. The van der Waals surface area contributed by atoms with Gasteiger partial charge in [-0.05, 0) is 128 Å². The molecule has 0 rings (SSSR count). The van der Waals surface area contributed by atoms with Crippen LogP contribution in [0.15, 0.2) is 48.6 Å². The Bertz CT molecular complexity index is 1260. The van der Waals surface area contributed by atoms with E-state index in [0.29, 0.717) is 25.7 Å². The molecule has 0 unspecified atom stereocenters. The maximum Gasteiger partial charge on any atom is 0.303 e. The van der Waals surface area contributed by atoms with Gasteiger partial charge in [0.1, 0.15) is 0 Å². The summed E-state index contributed by atoms with van der Waals surface area (Å²) in [5, 5.41) is 34.1. The van der Waals surface area contributed by atoms with Gasteiger partial charge in [0.2, 0.25) is 0 Å². The van der Waals surface area contributed by atoms with Crippen LogP contribution in [0.5, 0.6) is 0 Å². The maximum atomic E-state index is 10.4. The maximum absolute atomic E-state index is 10.4. The van der Waals surface area contributed by atoms with Gasteiger partial charge >= 0.3 is 23.9 Å². The fourth-order valence-corrected chi connectivity index (χ4v) is 10.8. The topological polar surface area (TPSA) is 149 Å². The third-order valence-corrected chi connectivity index (χ3v) is 16.6. The van der Waals surface area contributed by atoms with Crippen molar-refractivity contribution in [2.75, 3.05) is 0 Å². The Hall–Kier alpha value is -2.47. The zero-order valence-electron chi connectivity index (χ0n) is 59.7. The Morgan fingerprint density at radius 2 is 0.281 bits per heavy atom. The number of allylic oxidation sites excluding steroid dienone is 8. The number of aliphatic carboxylic acids is 4. The predicted molar refractivity (Wildman–Crippen MR) is 385 cm³/mol. The van der Waals surface area contributed by atoms with Crippen LogP contribution >= 0.6 is 0 Å². The van der Waals surface area contributed by atoms with Crippen LogP contribution < -0.4 is 0 Å². The van der Waals surface area contributed by atoms with Gasteiger partial charge in [0.05, 0.1) is 0 Å². The van der Waals surface area contributed by atoms with Crippen LogP contribution in [0.25, 0.3) is 0 Å². The van der Waals surface area contributed by atoms with E-state index < -0.39 is 23.9 Å². The van der Waals surface area contributed by atoms with Gasteiger partial charge in [-0.25, -0.2) is 0 Å². The first kappa shape index (κ1) is 95.2. The fraction of sp³-hybridized carbons (Fsp3) is 0.850. The number of unbranched alkanes of at least 4 members (excludes halogenated alkanes) is 52. The van der Waals surface area contributed by atoms with Crippen LogP contribution in [0.3, 0.4) is 0 Å². The van der Waals surface area contributed by atoms with Gasteiger partial charge < -0.3 is 20.4 Å². The molecule has 89 heavy (non-hydrogen) atoms. The molecule has 0 aliphatic rings. The Morgan fingerprint density at radius 3 is 0.393 bits per heavy atom. The number of hydrogen-bond donors (Lipinski definition) is 4. The molecule has 0 bridgehead atoms. The number of carbonyl (C=O) groups is 4. The average molecular weight is 1340 g/mol. The van der Waals surface area contributed by atoms with E-state index >= 15 is 0 Å². The summed E-state index contributed by atoms with van der Waals surface area (Å²) >= 11 is 0. The normalized spacial score (nSPS) is 11.2. The summed E-state index contributed by atoms with van der Waals surface area (Å²) in [6, 6.07) is 0. The minimum absolute atomic E-state index is 0. The molecule has 0 amide bonds. The summed E-state index contributed by atoms with van der Waals surface area (Å²) in [7, 11) is 0. The molecule has 0 fully saturated rings. The van der Waals surface area contributed by atoms with Crippen LogP contribution in [0.1, 0.15) is 439 Å². The molecule has 0 aliphatic carbocycles. The Morgan fingerprint density at radius 1 is 0.180 bits per heavy atom. The van der Waals surface area contributed by atoms with E-state index in [1.165, 1.54) is 334 Å². The fourth-order valence-electron chi connectivity index (χ4n) is 10.8. The molecule has 0 aromatic rings. The molecule has 0 aromatic heterocycles. The Kier molecular flexibility index (Phi) is 98.4. The Balaban J connectivity index is -0.000000351. The van der Waals surface area contributed by atoms with E-state index in [1.54, 1.807) is 0 Å². The van der Waals surface area contributed by atoms with Gasteiger partial charge in [-0.3, -0.25) is 19.2 Å². The molecule has 526 valence electrons. The molecule has 0 atom stereocenters. The van der Waals surface area contributed by atoms with Gasteiger partial charge in [-0.1, -0.05) is 333 Å². The Labute approximate surface area is 568 Å². The molecule has 4 N–H and O–H groups in total. The van der Waals surface area contributed by atoms with Crippen LogP contribution in [0.2, 0.25) is 0 Å². The third-order valence-electron chi connectivity index (χ3n) is 16.6. The number of carboxylic acids is 4. The summed E-state index contributed by atoms with van der Waals surface area (Å²) in [5.74, 6) is -2.64. The number of rotatable bonds is 68. The largest absolute Gasteiger partial charge is 0.481 e. The zero-order valence-corrected chi connectivity index (χ0v) is 61.7. The van der Waals surface area contributed by atoms with Crippen molar-refractivity contribution in [3.05, 3.63) is 48.6 Å². The molecule has 0 saturated heterocycles. The van der Waals surface area contributed by atoms with Crippen molar-refractivity contribution in [2.45, 2.75) is 439 Å². The smallest absolute Gasteiger partial charge is 0.303 e. The van der Waals surface area contributed by atoms with E-state index in [-0.39, 0.29) is 21.1 Å². The summed E-state index contributed by atoms with van der Waals surface area (Å²) in [4.78, 5) is 41.4. The monoisotopic (exact) mass is 1340 g/mol. The second-order valence-corrected chi connectivity index (χ2v) is 25.7. The van der Waals surface area contributed by atoms with Crippen LogP contribution in [-0.4, -0.2) is 44.3 Å². The first-order valence-corrected chi connectivity index (χ1v) is 38.6. The van der Waals surface area contributed by atoms with Crippen molar-refractivity contribution in [1.82, 2.24) is 0 Å². The molecule has 0 radical (unpaired) electrons. The summed E-state index contributed by atoms with van der Waals surface area (Å²) in [6.45, 7) is 9.06. The molecule has 0 saturated carbocycles. The van der Waals surface area contributed by atoms with E-state index in [2.05, 4.69) is 76.3 Å². The molecule has 0 aliphatic heterocycles. The SMILES string of the molecule is CCCCCCCC/C=C\CCCCCCCCCC(=O)O.CCCCCCCC/C=C\CCCCCCCCCC(=O)O.CCCCCCCC/C=C\CCCCCCCCCC(=O)O.CCCCCCCC/C=C\CCCCCCCCCC(=O)O.[Mo]. The average Bonchev–Trinajstić information content (AvgIpc) is 3.50. The number of carboxylic acid groups (broad SMARTS) is 4. The summed E-state index contributed by atoms with van der Waals surface area (Å²) < 4.78 is 0. The van der Waals surface area contributed by atoms with Crippen LogP contribution in [0.4, 0.5) is 0 Å². The van der Waals surface area contributed by atoms with Crippen molar-refractivity contribution in [3.63, 3.8) is 0 Å². The molecule has 0 heterocycles. The standard InChI is InChI=1S/4C20H38O2.Mo/c4*1-2-3-4-5-6-7-8-9-10-11-12-13-14-15-16-17-18-19-20(21)22;/h4*9-10H,2-8,11-19H2,1H3,(H,21,22);/b4*10-9-;.